The summed E-state index contributed by atoms with van der Waals surface area (Å²) in [5.74, 6) is 0.723. The minimum absolute atomic E-state index is 0.0743. The van der Waals surface area contributed by atoms with Gasteiger partial charge in [-0.05, 0) is 77.4 Å². The summed E-state index contributed by atoms with van der Waals surface area (Å²) >= 11 is 7.97. The number of likely N-dealkylation sites (tertiary alicyclic amines) is 1. The third-order valence-corrected chi connectivity index (χ3v) is 8.28. The van der Waals surface area contributed by atoms with E-state index >= 15 is 0 Å². The average Bonchev–Trinajstić information content (AvgIpc) is 2.83. The van der Waals surface area contributed by atoms with Gasteiger partial charge in [-0.15, -0.1) is 11.8 Å². The van der Waals surface area contributed by atoms with E-state index < -0.39 is 0 Å². The molecule has 1 saturated heterocycles. The Labute approximate surface area is 222 Å². The number of aromatic nitrogens is 1. The molecule has 196 valence electrons. The Morgan fingerprint density at radius 2 is 2.08 bits per heavy atom. The summed E-state index contributed by atoms with van der Waals surface area (Å²) in [6.45, 7) is 8.95. The number of aryl methyl sites for hydroxylation is 1. The number of hydrogen-bond donors (Lipinski definition) is 2. The van der Waals surface area contributed by atoms with Crippen molar-refractivity contribution in [3.8, 4) is 11.5 Å². The molecule has 36 heavy (non-hydrogen) atoms. The maximum Gasteiger partial charge on any atom is 0.254 e. The molecule has 0 aliphatic carbocycles. The zero-order valence-corrected chi connectivity index (χ0v) is 23.1. The van der Waals surface area contributed by atoms with Crippen molar-refractivity contribution in [2.45, 2.75) is 76.5 Å². The number of hydrogen-bond acceptors (Lipinski definition) is 6. The molecule has 1 aromatic heterocycles. The van der Waals surface area contributed by atoms with Crippen LogP contribution in [-0.2, 0) is 6.54 Å². The van der Waals surface area contributed by atoms with E-state index in [0.29, 0.717) is 45.9 Å². The van der Waals surface area contributed by atoms with Crippen molar-refractivity contribution in [3.63, 3.8) is 0 Å². The molecule has 1 fully saturated rings. The summed E-state index contributed by atoms with van der Waals surface area (Å²) in [6.07, 6.45) is 7.43. The number of nitrogens with one attached hydrogen (secondary N) is 2. The van der Waals surface area contributed by atoms with Gasteiger partial charge in [0, 0.05) is 39.9 Å². The molecular weight excluding hydrogens is 498 g/mol. The standard InChI is InChI=1S/C27H36ClN3O4S/c1-5-18(31-10-7-11-31)8-6-9-19-15-34-25-22(28)13-20(17(3)24(25)35-19)26(32)29-14-21-23(36-4)12-16(2)30-27(21)33/h12-13,18-19H,5-11,14-15H2,1-4H3,(H,29,32)(H,30,33). The Kier molecular flexibility index (Phi) is 8.91. The van der Waals surface area contributed by atoms with Crippen molar-refractivity contribution in [1.29, 1.82) is 0 Å². The smallest absolute Gasteiger partial charge is 0.254 e. The van der Waals surface area contributed by atoms with Gasteiger partial charge in [0.25, 0.3) is 11.5 Å². The molecule has 2 aliphatic heterocycles. The van der Waals surface area contributed by atoms with E-state index in [2.05, 4.69) is 22.1 Å². The fraction of sp³-hybridized carbons (Fsp3) is 0.556. The van der Waals surface area contributed by atoms with E-state index in [0.717, 1.165) is 29.9 Å². The molecule has 2 aromatic rings. The molecule has 3 heterocycles. The molecule has 0 spiro atoms. The van der Waals surface area contributed by atoms with Gasteiger partial charge in [0.05, 0.1) is 5.02 Å². The quantitative estimate of drug-likeness (QED) is 0.414. The molecule has 0 bridgehead atoms. The van der Waals surface area contributed by atoms with Crippen LogP contribution in [0.1, 0.15) is 66.2 Å². The number of thioether (sulfide) groups is 1. The Bertz CT molecular complexity index is 1160. The molecule has 2 aliphatic rings. The van der Waals surface area contributed by atoms with E-state index in [-0.39, 0.29) is 24.1 Å². The first-order valence-corrected chi connectivity index (χ1v) is 14.3. The number of amides is 1. The lowest BCUT2D eigenvalue weighted by Gasteiger charge is -2.38. The lowest BCUT2D eigenvalue weighted by molar-refractivity contribution is 0.0728. The second-order valence-electron chi connectivity index (χ2n) is 9.63. The number of fused-ring (bicyclic) bond motifs is 1. The lowest BCUT2D eigenvalue weighted by atomic mass is 10.00. The van der Waals surface area contributed by atoms with E-state index in [1.807, 2.05) is 26.2 Å². The number of aromatic amines is 1. The van der Waals surface area contributed by atoms with Crippen LogP contribution in [-0.4, -0.2) is 53.9 Å². The van der Waals surface area contributed by atoms with Gasteiger partial charge in [0.15, 0.2) is 11.5 Å². The molecule has 2 atom stereocenters. The molecule has 4 rings (SSSR count). The van der Waals surface area contributed by atoms with Crippen molar-refractivity contribution in [1.82, 2.24) is 15.2 Å². The topological polar surface area (TPSA) is 83.7 Å². The predicted molar refractivity (Wildman–Crippen MR) is 145 cm³/mol. The zero-order chi connectivity index (χ0) is 25.8. The Balaban J connectivity index is 1.42. The van der Waals surface area contributed by atoms with Crippen LogP contribution in [0.15, 0.2) is 21.8 Å². The van der Waals surface area contributed by atoms with Crippen LogP contribution >= 0.6 is 23.4 Å². The average molecular weight is 534 g/mol. The minimum Gasteiger partial charge on any atom is -0.484 e. The van der Waals surface area contributed by atoms with Crippen molar-refractivity contribution in [3.05, 3.63) is 49.9 Å². The number of H-pyrrole nitrogens is 1. The van der Waals surface area contributed by atoms with Crippen LogP contribution in [0.3, 0.4) is 0 Å². The highest BCUT2D eigenvalue weighted by molar-refractivity contribution is 7.98. The monoisotopic (exact) mass is 533 g/mol. The first-order chi connectivity index (χ1) is 17.3. The Morgan fingerprint density at radius 1 is 1.31 bits per heavy atom. The normalized spacial score (nSPS) is 18.0. The predicted octanol–water partition coefficient (Wildman–Crippen LogP) is 5.09. The van der Waals surface area contributed by atoms with Gasteiger partial charge in [0.1, 0.15) is 12.7 Å². The Hall–Kier alpha value is -2.16. The summed E-state index contributed by atoms with van der Waals surface area (Å²) in [5.41, 5.74) is 2.23. The number of pyridine rings is 1. The molecule has 2 unspecified atom stereocenters. The number of ether oxygens (including phenoxy) is 2. The van der Waals surface area contributed by atoms with Gasteiger partial charge >= 0.3 is 0 Å². The van der Waals surface area contributed by atoms with Gasteiger partial charge < -0.3 is 24.7 Å². The fourth-order valence-corrected chi connectivity index (χ4v) is 5.92. The number of carbonyl (C=O) groups is 1. The Morgan fingerprint density at radius 3 is 2.75 bits per heavy atom. The highest BCUT2D eigenvalue weighted by Gasteiger charge is 2.29. The summed E-state index contributed by atoms with van der Waals surface area (Å²) in [7, 11) is 0. The first-order valence-electron chi connectivity index (χ1n) is 12.7. The second-order valence-corrected chi connectivity index (χ2v) is 10.9. The van der Waals surface area contributed by atoms with E-state index in [4.69, 9.17) is 21.1 Å². The van der Waals surface area contributed by atoms with Gasteiger partial charge in [-0.3, -0.25) is 9.59 Å². The highest BCUT2D eigenvalue weighted by Crippen LogP contribution is 2.43. The van der Waals surface area contributed by atoms with Crippen LogP contribution in [0.25, 0.3) is 0 Å². The van der Waals surface area contributed by atoms with E-state index in [1.54, 1.807) is 6.07 Å². The van der Waals surface area contributed by atoms with Crippen LogP contribution < -0.4 is 20.3 Å². The molecular formula is C27H36ClN3O4S. The van der Waals surface area contributed by atoms with Gasteiger partial charge in [-0.1, -0.05) is 18.5 Å². The van der Waals surface area contributed by atoms with Crippen molar-refractivity contribution in [2.75, 3.05) is 26.0 Å². The van der Waals surface area contributed by atoms with Crippen molar-refractivity contribution in [2.24, 2.45) is 0 Å². The number of halogens is 1. The van der Waals surface area contributed by atoms with E-state index in [9.17, 15) is 9.59 Å². The molecule has 0 radical (unpaired) electrons. The van der Waals surface area contributed by atoms with Gasteiger partial charge in [0.2, 0.25) is 0 Å². The summed E-state index contributed by atoms with van der Waals surface area (Å²) in [4.78, 5) is 31.8. The van der Waals surface area contributed by atoms with E-state index in [1.165, 1.54) is 37.7 Å². The zero-order valence-electron chi connectivity index (χ0n) is 21.5. The largest absolute Gasteiger partial charge is 0.484 e. The fourth-order valence-electron chi connectivity index (χ4n) is 4.96. The van der Waals surface area contributed by atoms with Crippen molar-refractivity contribution >= 4 is 29.3 Å². The number of nitrogens with zero attached hydrogens (tertiary/aromatic N) is 1. The number of carbonyl (C=O) groups excluding carboxylic acids is 1. The van der Waals surface area contributed by atoms with Crippen molar-refractivity contribution < 1.29 is 14.3 Å². The van der Waals surface area contributed by atoms with Gasteiger partial charge in [-0.25, -0.2) is 0 Å². The lowest BCUT2D eigenvalue weighted by Crippen LogP contribution is -2.44. The highest BCUT2D eigenvalue weighted by atomic mass is 35.5. The maximum atomic E-state index is 13.1. The van der Waals surface area contributed by atoms with Crippen LogP contribution in [0.4, 0.5) is 0 Å². The maximum absolute atomic E-state index is 13.1. The third-order valence-electron chi connectivity index (χ3n) is 7.20. The summed E-state index contributed by atoms with van der Waals surface area (Å²) < 4.78 is 12.3. The third kappa shape index (κ3) is 5.87. The molecule has 2 N–H and O–H groups in total. The molecule has 7 nitrogen and oxygen atoms in total. The van der Waals surface area contributed by atoms with Crippen LogP contribution in [0.2, 0.25) is 5.02 Å². The van der Waals surface area contributed by atoms with Crippen LogP contribution in [0.5, 0.6) is 11.5 Å². The minimum atomic E-state index is -0.310. The molecule has 9 heteroatoms. The molecule has 1 amide bonds. The second kappa shape index (κ2) is 11.9. The summed E-state index contributed by atoms with van der Waals surface area (Å²) in [5, 5.41) is 3.23. The first kappa shape index (κ1) is 26.9. The molecule has 1 aromatic carbocycles. The molecule has 0 saturated carbocycles. The van der Waals surface area contributed by atoms with Gasteiger partial charge in [-0.2, -0.15) is 0 Å². The number of rotatable bonds is 10. The summed E-state index contributed by atoms with van der Waals surface area (Å²) in [6, 6.07) is 4.17. The number of benzene rings is 1. The van der Waals surface area contributed by atoms with Crippen LogP contribution in [0, 0.1) is 13.8 Å². The SMILES string of the molecule is CCC(CCCC1COc2c(Cl)cc(C(=O)NCc3c(SC)cc(C)[nH]c3=O)c(C)c2O1)N1CCC1.